The third-order valence-corrected chi connectivity index (χ3v) is 2.46. The molecule has 0 amide bonds. The molecule has 0 unspecified atom stereocenters. The number of hydrogen-bond donors (Lipinski definition) is 1. The van der Waals surface area contributed by atoms with Gasteiger partial charge in [0.05, 0.1) is 12.8 Å². The maximum atomic E-state index is 5.34. The lowest BCUT2D eigenvalue weighted by atomic mass is 10.1. The fourth-order valence-corrected chi connectivity index (χ4v) is 1.78. The zero-order valence-corrected chi connectivity index (χ0v) is 9.08. The van der Waals surface area contributed by atoms with Crippen LogP contribution in [-0.4, -0.2) is 13.7 Å². The zero-order chi connectivity index (χ0) is 10.7. The average molecular weight is 201 g/mol. The van der Waals surface area contributed by atoms with E-state index >= 15 is 0 Å². The van der Waals surface area contributed by atoms with Crippen LogP contribution in [0.15, 0.2) is 36.4 Å². The lowest BCUT2D eigenvalue weighted by Crippen LogP contribution is -2.00. The Hall–Kier alpha value is -1.70. The van der Waals surface area contributed by atoms with Gasteiger partial charge in [-0.25, -0.2) is 0 Å². The minimum Gasteiger partial charge on any atom is -0.495 e. The van der Waals surface area contributed by atoms with Gasteiger partial charge in [-0.3, -0.25) is 0 Å². The molecule has 0 aliphatic carbocycles. The molecule has 0 radical (unpaired) electrons. The van der Waals surface area contributed by atoms with Crippen LogP contribution in [0.4, 0.5) is 5.69 Å². The molecule has 0 aliphatic rings. The molecule has 0 heterocycles. The summed E-state index contributed by atoms with van der Waals surface area (Å²) in [4.78, 5) is 0. The van der Waals surface area contributed by atoms with E-state index in [1.807, 2.05) is 18.2 Å². The van der Waals surface area contributed by atoms with Crippen LogP contribution in [0, 0.1) is 0 Å². The number of nitrogens with one attached hydrogen (secondary N) is 1. The second-order valence-corrected chi connectivity index (χ2v) is 3.39. The van der Waals surface area contributed by atoms with Crippen molar-refractivity contribution in [1.29, 1.82) is 0 Å². The summed E-state index contributed by atoms with van der Waals surface area (Å²) in [7, 11) is 1.70. The third-order valence-electron chi connectivity index (χ3n) is 2.46. The minimum atomic E-state index is 0.893. The van der Waals surface area contributed by atoms with Crippen molar-refractivity contribution in [2.75, 3.05) is 19.0 Å². The molecule has 78 valence electrons. The van der Waals surface area contributed by atoms with E-state index in [0.717, 1.165) is 18.0 Å². The molecule has 2 aromatic rings. The first-order valence-corrected chi connectivity index (χ1v) is 5.16. The third kappa shape index (κ3) is 1.75. The van der Waals surface area contributed by atoms with Crippen LogP contribution in [-0.2, 0) is 0 Å². The molecule has 2 rings (SSSR count). The van der Waals surface area contributed by atoms with Crippen molar-refractivity contribution in [2.24, 2.45) is 0 Å². The normalized spacial score (nSPS) is 10.3. The Kier molecular flexibility index (Phi) is 2.77. The molecular formula is C13H15NO. The van der Waals surface area contributed by atoms with Crippen LogP contribution in [0.1, 0.15) is 6.92 Å². The maximum absolute atomic E-state index is 5.34. The lowest BCUT2D eigenvalue weighted by molar-refractivity contribution is 0.417. The highest BCUT2D eigenvalue weighted by atomic mass is 16.5. The Labute approximate surface area is 89.9 Å². The monoisotopic (exact) mass is 201 g/mol. The molecule has 0 bridgehead atoms. The van der Waals surface area contributed by atoms with Crippen LogP contribution < -0.4 is 10.1 Å². The van der Waals surface area contributed by atoms with E-state index in [2.05, 4.69) is 30.4 Å². The van der Waals surface area contributed by atoms with Gasteiger partial charge in [-0.1, -0.05) is 30.3 Å². The highest BCUT2D eigenvalue weighted by Gasteiger charge is 2.05. The molecule has 0 spiro atoms. The largest absolute Gasteiger partial charge is 0.495 e. The lowest BCUT2D eigenvalue weighted by Gasteiger charge is -2.12. The van der Waals surface area contributed by atoms with Gasteiger partial charge < -0.3 is 10.1 Å². The fraction of sp³-hybridized carbons (Fsp3) is 0.231. The molecular weight excluding hydrogens is 186 g/mol. The van der Waals surface area contributed by atoms with Gasteiger partial charge in [-0.05, 0) is 18.4 Å². The summed E-state index contributed by atoms with van der Waals surface area (Å²) in [6.45, 7) is 2.98. The van der Waals surface area contributed by atoms with Crippen molar-refractivity contribution in [3.8, 4) is 5.75 Å². The molecule has 2 heteroatoms. The summed E-state index contributed by atoms with van der Waals surface area (Å²) in [6, 6.07) is 12.4. The molecule has 0 fully saturated rings. The smallest absolute Gasteiger partial charge is 0.142 e. The number of fused-ring (bicyclic) bond motifs is 1. The maximum Gasteiger partial charge on any atom is 0.142 e. The van der Waals surface area contributed by atoms with Gasteiger partial charge in [0.15, 0.2) is 0 Å². The van der Waals surface area contributed by atoms with Crippen molar-refractivity contribution >= 4 is 16.5 Å². The standard InChI is InChI=1S/C13H15NO/c1-3-14-13-11-7-5-4-6-10(11)8-9-12(13)15-2/h4-9,14H,3H2,1-2H3. The van der Waals surface area contributed by atoms with Crippen molar-refractivity contribution in [1.82, 2.24) is 0 Å². The van der Waals surface area contributed by atoms with Gasteiger partial charge in [-0.15, -0.1) is 0 Å². The summed E-state index contributed by atoms with van der Waals surface area (Å²) in [5.74, 6) is 0.899. The Balaban J connectivity index is 2.67. The highest BCUT2D eigenvalue weighted by Crippen LogP contribution is 2.32. The second-order valence-electron chi connectivity index (χ2n) is 3.39. The molecule has 0 atom stereocenters. The van der Waals surface area contributed by atoms with E-state index in [4.69, 9.17) is 4.74 Å². The summed E-state index contributed by atoms with van der Waals surface area (Å²) < 4.78 is 5.34. The highest BCUT2D eigenvalue weighted by molar-refractivity contribution is 5.96. The van der Waals surface area contributed by atoms with Crippen LogP contribution >= 0.6 is 0 Å². The van der Waals surface area contributed by atoms with E-state index in [0.29, 0.717) is 0 Å². The number of ether oxygens (including phenoxy) is 1. The van der Waals surface area contributed by atoms with E-state index in [1.54, 1.807) is 7.11 Å². The van der Waals surface area contributed by atoms with E-state index in [-0.39, 0.29) is 0 Å². The number of rotatable bonds is 3. The summed E-state index contributed by atoms with van der Waals surface area (Å²) >= 11 is 0. The number of hydrogen-bond acceptors (Lipinski definition) is 2. The van der Waals surface area contributed by atoms with Crippen molar-refractivity contribution in [2.45, 2.75) is 6.92 Å². The van der Waals surface area contributed by atoms with Gasteiger partial charge in [0.2, 0.25) is 0 Å². The van der Waals surface area contributed by atoms with Gasteiger partial charge in [0.1, 0.15) is 5.75 Å². The van der Waals surface area contributed by atoms with Crippen LogP contribution in [0.3, 0.4) is 0 Å². The fourth-order valence-electron chi connectivity index (χ4n) is 1.78. The molecule has 0 aromatic heterocycles. The molecule has 15 heavy (non-hydrogen) atoms. The van der Waals surface area contributed by atoms with E-state index in [1.165, 1.54) is 10.8 Å². The number of methoxy groups -OCH3 is 1. The van der Waals surface area contributed by atoms with Crippen molar-refractivity contribution in [3.05, 3.63) is 36.4 Å². The first kappa shape index (κ1) is 9.84. The molecule has 0 saturated heterocycles. The molecule has 0 saturated carbocycles. The minimum absolute atomic E-state index is 0.893. The Morgan fingerprint density at radius 2 is 1.93 bits per heavy atom. The summed E-state index contributed by atoms with van der Waals surface area (Å²) in [5, 5.41) is 5.78. The van der Waals surface area contributed by atoms with Gasteiger partial charge in [0.25, 0.3) is 0 Å². The van der Waals surface area contributed by atoms with E-state index < -0.39 is 0 Å². The molecule has 2 aromatic carbocycles. The second kappa shape index (κ2) is 4.22. The van der Waals surface area contributed by atoms with Crippen molar-refractivity contribution < 1.29 is 4.74 Å². The molecule has 0 aliphatic heterocycles. The first-order chi connectivity index (χ1) is 7.36. The van der Waals surface area contributed by atoms with E-state index in [9.17, 15) is 0 Å². The van der Waals surface area contributed by atoms with Crippen LogP contribution in [0.2, 0.25) is 0 Å². The Morgan fingerprint density at radius 3 is 2.67 bits per heavy atom. The Bertz CT molecular complexity index is 465. The molecule has 2 nitrogen and oxygen atoms in total. The van der Waals surface area contributed by atoms with Crippen molar-refractivity contribution in [3.63, 3.8) is 0 Å². The predicted octanol–water partition coefficient (Wildman–Crippen LogP) is 3.28. The predicted molar refractivity (Wildman–Crippen MR) is 64.7 cm³/mol. The van der Waals surface area contributed by atoms with Gasteiger partial charge in [-0.2, -0.15) is 0 Å². The summed E-state index contributed by atoms with van der Waals surface area (Å²) in [6.07, 6.45) is 0. The topological polar surface area (TPSA) is 21.3 Å². The SMILES string of the molecule is CCNc1c(OC)ccc2ccccc12. The number of anilines is 1. The summed E-state index contributed by atoms with van der Waals surface area (Å²) in [5.41, 5.74) is 1.08. The first-order valence-electron chi connectivity index (χ1n) is 5.16. The zero-order valence-electron chi connectivity index (χ0n) is 9.08. The van der Waals surface area contributed by atoms with Gasteiger partial charge >= 0.3 is 0 Å². The van der Waals surface area contributed by atoms with Crippen LogP contribution in [0.5, 0.6) is 5.75 Å². The van der Waals surface area contributed by atoms with Gasteiger partial charge in [0, 0.05) is 11.9 Å². The Morgan fingerprint density at radius 1 is 1.13 bits per heavy atom. The molecule has 1 N–H and O–H groups in total. The number of benzene rings is 2. The quantitative estimate of drug-likeness (QED) is 0.822. The van der Waals surface area contributed by atoms with Crippen LogP contribution in [0.25, 0.3) is 10.8 Å². The average Bonchev–Trinajstić information content (AvgIpc) is 2.30.